The zero-order valence-electron chi connectivity index (χ0n) is 17.5. The second-order valence-electron chi connectivity index (χ2n) is 7.84. The van der Waals surface area contributed by atoms with E-state index in [4.69, 9.17) is 4.74 Å². The van der Waals surface area contributed by atoms with Crippen molar-refractivity contribution in [1.29, 1.82) is 0 Å². The molecule has 0 aromatic heterocycles. The summed E-state index contributed by atoms with van der Waals surface area (Å²) in [6.07, 6.45) is 0.510. The van der Waals surface area contributed by atoms with Crippen molar-refractivity contribution in [2.24, 2.45) is 4.99 Å². The van der Waals surface area contributed by atoms with Gasteiger partial charge in [-0.15, -0.1) is 0 Å². The molecule has 0 spiro atoms. The number of nitrogens with one attached hydrogen (secondary N) is 2. The summed E-state index contributed by atoms with van der Waals surface area (Å²) in [7, 11) is -3.57. The number of nitrogens with zero attached hydrogens (tertiary/aromatic N) is 2. The van der Waals surface area contributed by atoms with Gasteiger partial charge in [0.2, 0.25) is 5.91 Å². The van der Waals surface area contributed by atoms with Crippen LogP contribution < -0.4 is 14.9 Å². The first-order valence-corrected chi connectivity index (χ1v) is 11.8. The predicted molar refractivity (Wildman–Crippen MR) is 120 cm³/mol. The summed E-state index contributed by atoms with van der Waals surface area (Å²) in [6, 6.07) is 14.4. The minimum absolute atomic E-state index is 0.146. The Labute approximate surface area is 182 Å². The Bertz CT molecular complexity index is 1090. The Morgan fingerprint density at radius 1 is 1.13 bits per heavy atom. The lowest BCUT2D eigenvalue weighted by Crippen LogP contribution is -2.45. The number of amides is 1. The lowest BCUT2D eigenvalue weighted by atomic mass is 10.2. The van der Waals surface area contributed by atoms with Crippen molar-refractivity contribution in [3.63, 3.8) is 0 Å². The summed E-state index contributed by atoms with van der Waals surface area (Å²) >= 11 is 0. The van der Waals surface area contributed by atoms with Gasteiger partial charge in [-0.05, 0) is 50.2 Å². The molecule has 0 radical (unpaired) electrons. The Kier molecular flexibility index (Phi) is 5.97. The van der Waals surface area contributed by atoms with Crippen LogP contribution in [-0.2, 0) is 19.6 Å². The van der Waals surface area contributed by atoms with Crippen LogP contribution in [0.25, 0.3) is 0 Å². The fourth-order valence-corrected chi connectivity index (χ4v) is 5.14. The number of anilines is 2. The van der Waals surface area contributed by atoms with Gasteiger partial charge in [0.25, 0.3) is 10.0 Å². The zero-order valence-corrected chi connectivity index (χ0v) is 18.4. The summed E-state index contributed by atoms with van der Waals surface area (Å²) in [5.41, 5.74) is 2.34. The van der Waals surface area contributed by atoms with Gasteiger partial charge in [0.1, 0.15) is 5.84 Å². The average Bonchev–Trinajstić information content (AvgIpc) is 2.98. The molecule has 1 saturated heterocycles. The number of morpholine rings is 1. The van der Waals surface area contributed by atoms with Crippen molar-refractivity contribution in [2.75, 3.05) is 29.9 Å². The van der Waals surface area contributed by atoms with Gasteiger partial charge in [-0.2, -0.15) is 0 Å². The van der Waals surface area contributed by atoms with Crippen molar-refractivity contribution in [2.45, 2.75) is 37.4 Å². The largest absolute Gasteiger partial charge is 0.372 e. The van der Waals surface area contributed by atoms with E-state index in [0.717, 1.165) is 18.8 Å². The summed E-state index contributed by atoms with van der Waals surface area (Å²) in [6.45, 7) is 5.98. The molecule has 2 aromatic carbocycles. The molecule has 0 bridgehead atoms. The molecular weight excluding hydrogens is 416 g/mol. The van der Waals surface area contributed by atoms with E-state index in [1.54, 1.807) is 18.2 Å². The first-order valence-electron chi connectivity index (χ1n) is 10.3. The number of fused-ring (bicyclic) bond motifs is 1. The van der Waals surface area contributed by atoms with Gasteiger partial charge in [-0.3, -0.25) is 14.5 Å². The van der Waals surface area contributed by atoms with Gasteiger partial charge in [0.05, 0.1) is 23.6 Å². The van der Waals surface area contributed by atoms with Crippen LogP contribution in [0.2, 0.25) is 0 Å². The van der Waals surface area contributed by atoms with E-state index < -0.39 is 10.0 Å². The average molecular weight is 443 g/mol. The summed E-state index contributed by atoms with van der Waals surface area (Å²) < 4.78 is 32.4. The van der Waals surface area contributed by atoms with E-state index in [1.807, 2.05) is 24.3 Å². The van der Waals surface area contributed by atoms with E-state index in [0.29, 0.717) is 11.3 Å². The molecule has 1 amide bonds. The molecule has 2 aromatic rings. The number of amidine groups is 1. The lowest BCUT2D eigenvalue weighted by molar-refractivity contribution is -0.116. The SMILES string of the molecule is CC1CN(c2ccc(NC(=O)CCN=C3NS(=O)(=O)c4ccccc43)cc2)CC(C)O1. The monoisotopic (exact) mass is 442 g/mol. The van der Waals surface area contributed by atoms with E-state index in [9.17, 15) is 13.2 Å². The molecular formula is C22H26N4O4S. The first kappa shape index (κ1) is 21.3. The van der Waals surface area contributed by atoms with E-state index in [-0.39, 0.29) is 41.8 Å². The third kappa shape index (κ3) is 4.88. The van der Waals surface area contributed by atoms with Crippen LogP contribution >= 0.6 is 0 Å². The summed E-state index contributed by atoms with van der Waals surface area (Å²) in [5.74, 6) is 0.0987. The van der Waals surface area contributed by atoms with Gasteiger partial charge in [0.15, 0.2) is 0 Å². The number of carbonyl (C=O) groups excluding carboxylic acids is 1. The number of hydrogen-bond acceptors (Lipinski definition) is 6. The molecule has 4 rings (SSSR count). The molecule has 2 heterocycles. The van der Waals surface area contributed by atoms with E-state index in [2.05, 4.69) is 33.8 Å². The minimum atomic E-state index is -3.57. The van der Waals surface area contributed by atoms with Crippen LogP contribution in [-0.4, -0.2) is 52.0 Å². The maximum Gasteiger partial charge on any atom is 0.263 e. The highest BCUT2D eigenvalue weighted by Gasteiger charge is 2.30. The van der Waals surface area contributed by atoms with Crippen LogP contribution in [0, 0.1) is 0 Å². The number of aliphatic imine (C=N–C) groups is 1. The normalized spacial score (nSPS) is 23.3. The van der Waals surface area contributed by atoms with Crippen molar-refractivity contribution in [1.82, 2.24) is 4.72 Å². The van der Waals surface area contributed by atoms with Crippen LogP contribution in [0.15, 0.2) is 58.4 Å². The van der Waals surface area contributed by atoms with Crippen molar-refractivity contribution < 1.29 is 17.9 Å². The molecule has 9 heteroatoms. The molecule has 8 nitrogen and oxygen atoms in total. The number of sulfonamides is 1. The maximum absolute atomic E-state index is 12.3. The quantitative estimate of drug-likeness (QED) is 0.741. The van der Waals surface area contributed by atoms with Crippen LogP contribution in [0.4, 0.5) is 11.4 Å². The molecule has 31 heavy (non-hydrogen) atoms. The fourth-order valence-electron chi connectivity index (χ4n) is 3.89. The number of hydrogen-bond donors (Lipinski definition) is 2. The van der Waals surface area contributed by atoms with Crippen molar-refractivity contribution >= 4 is 33.1 Å². The third-order valence-corrected chi connectivity index (χ3v) is 6.60. The highest BCUT2D eigenvalue weighted by molar-refractivity contribution is 7.90. The zero-order chi connectivity index (χ0) is 22.0. The van der Waals surface area contributed by atoms with Gasteiger partial charge >= 0.3 is 0 Å². The number of ether oxygens (including phenoxy) is 1. The first-order chi connectivity index (χ1) is 14.8. The van der Waals surface area contributed by atoms with Gasteiger partial charge < -0.3 is 15.0 Å². The standard InChI is InChI=1S/C22H26N4O4S/c1-15-13-26(14-16(2)30-15)18-9-7-17(8-10-18)24-21(27)11-12-23-22-19-5-3-4-6-20(19)31(28,29)25-22/h3-10,15-16H,11-14H2,1-2H3,(H,23,25)(H,24,27). The Morgan fingerprint density at radius 3 is 2.52 bits per heavy atom. The van der Waals surface area contributed by atoms with Crippen LogP contribution in [0.5, 0.6) is 0 Å². The maximum atomic E-state index is 12.3. The molecule has 164 valence electrons. The summed E-state index contributed by atoms with van der Waals surface area (Å²) in [4.78, 5) is 19.1. The lowest BCUT2D eigenvalue weighted by Gasteiger charge is -2.36. The molecule has 1 fully saturated rings. The molecule has 2 atom stereocenters. The predicted octanol–water partition coefficient (Wildman–Crippen LogP) is 2.37. The molecule has 2 aliphatic heterocycles. The number of carbonyl (C=O) groups is 1. The highest BCUT2D eigenvalue weighted by Crippen LogP contribution is 2.23. The minimum Gasteiger partial charge on any atom is -0.372 e. The highest BCUT2D eigenvalue weighted by atomic mass is 32.2. The van der Waals surface area contributed by atoms with Crippen molar-refractivity contribution in [3.8, 4) is 0 Å². The van der Waals surface area contributed by atoms with E-state index >= 15 is 0 Å². The second kappa shape index (κ2) is 8.68. The van der Waals surface area contributed by atoms with Gasteiger partial charge in [0, 0.05) is 36.4 Å². The third-order valence-electron chi connectivity index (χ3n) is 5.21. The Balaban J connectivity index is 1.32. The van der Waals surface area contributed by atoms with Crippen molar-refractivity contribution in [3.05, 3.63) is 54.1 Å². The van der Waals surface area contributed by atoms with Crippen LogP contribution in [0.1, 0.15) is 25.8 Å². The second-order valence-corrected chi connectivity index (χ2v) is 9.49. The molecule has 2 N–H and O–H groups in total. The summed E-state index contributed by atoms with van der Waals surface area (Å²) in [5, 5.41) is 2.86. The Hall–Kier alpha value is -2.91. The molecule has 0 saturated carbocycles. The molecule has 0 aliphatic carbocycles. The molecule has 2 unspecified atom stereocenters. The van der Waals surface area contributed by atoms with Gasteiger partial charge in [-0.25, -0.2) is 8.42 Å². The Morgan fingerprint density at radius 2 is 1.81 bits per heavy atom. The van der Waals surface area contributed by atoms with Gasteiger partial charge in [-0.1, -0.05) is 12.1 Å². The topological polar surface area (TPSA) is 100 Å². The van der Waals surface area contributed by atoms with Crippen LogP contribution in [0.3, 0.4) is 0 Å². The fraction of sp³-hybridized carbons (Fsp3) is 0.364. The number of benzene rings is 2. The molecule has 2 aliphatic rings. The number of rotatable bonds is 5. The van der Waals surface area contributed by atoms with E-state index in [1.165, 1.54) is 6.07 Å². The smallest absolute Gasteiger partial charge is 0.263 e.